The number of carbonyl (C=O) groups excluding carboxylic acids is 7. The van der Waals surface area contributed by atoms with Crippen LogP contribution in [0.5, 0.6) is 0 Å². The maximum absolute atomic E-state index is 17.1. The van der Waals surface area contributed by atoms with Gasteiger partial charge in [-0.05, 0) is 85.2 Å². The predicted octanol–water partition coefficient (Wildman–Crippen LogP) is -1.33. The lowest BCUT2D eigenvalue weighted by Gasteiger charge is -2.44. The highest BCUT2D eigenvalue weighted by molar-refractivity contribution is 6.90. The zero-order valence-electron chi connectivity index (χ0n) is 58.8. The number of hydrogen-bond acceptors (Lipinski definition) is 20. The van der Waals surface area contributed by atoms with Crippen molar-refractivity contribution in [1.29, 1.82) is 0 Å². The Morgan fingerprint density at radius 2 is 0.786 bits per heavy atom. The molecule has 39 heteroatoms. The molecule has 0 saturated carbocycles. The lowest BCUT2D eigenvalue weighted by molar-refractivity contribution is -0.145. The molecule has 17 N–H and O–H groups in total. The van der Waals surface area contributed by atoms with Gasteiger partial charge in [0.25, 0.3) is 14.3 Å². The summed E-state index contributed by atoms with van der Waals surface area (Å²) in [6.45, 7) is 9.03. The number of rotatable bonds is 44. The van der Waals surface area contributed by atoms with E-state index < -0.39 is 208 Å². The second-order valence-corrected chi connectivity index (χ2v) is 31.8. The van der Waals surface area contributed by atoms with E-state index in [0.29, 0.717) is 5.19 Å². The normalized spacial score (nSPS) is 15.6. The van der Waals surface area contributed by atoms with Gasteiger partial charge in [-0.25, -0.2) is 24.0 Å². The molecule has 0 spiro atoms. The number of amides is 8. The summed E-state index contributed by atoms with van der Waals surface area (Å²) in [5.74, 6) is -17.2. The van der Waals surface area contributed by atoms with Gasteiger partial charge in [0.1, 0.15) is 36.3 Å². The highest BCUT2D eigenvalue weighted by Crippen LogP contribution is 2.51. The van der Waals surface area contributed by atoms with Gasteiger partial charge in [0.05, 0.1) is 19.6 Å². The van der Waals surface area contributed by atoms with Crippen LogP contribution in [0.3, 0.4) is 0 Å². The first-order valence-corrected chi connectivity index (χ1v) is 35.4. The summed E-state index contributed by atoms with van der Waals surface area (Å²) in [4.78, 5) is 204. The zero-order valence-corrected chi connectivity index (χ0v) is 59.8. The van der Waals surface area contributed by atoms with Gasteiger partial charge in [-0.15, -0.1) is 0 Å². The van der Waals surface area contributed by atoms with E-state index in [4.69, 9.17) is 5.11 Å². The maximum Gasteiger partial charge on any atom is 0.326 e. The molecule has 1 aliphatic rings. The van der Waals surface area contributed by atoms with Crippen LogP contribution in [0.15, 0.2) is 24.3 Å². The van der Waals surface area contributed by atoms with E-state index >= 15 is 4.11 Å². The number of nitrogens with one attached hydrogen (secondary N) is 8. The molecule has 0 bridgehead atoms. The average molecular weight is 1490 g/mol. The number of carbonyl (C=O) groups is 16. The smallest absolute Gasteiger partial charge is 0.326 e. The first-order valence-electron chi connectivity index (χ1n) is 33.5. The highest BCUT2D eigenvalue weighted by atomic mass is 28.4. The first-order chi connectivity index (χ1) is 48.0. The van der Waals surface area contributed by atoms with Crippen LogP contribution in [0.4, 0.5) is 8.90 Å². The van der Waals surface area contributed by atoms with E-state index in [1.807, 2.05) is 52.2 Å². The van der Waals surface area contributed by atoms with Crippen molar-refractivity contribution >= 4 is 109 Å². The van der Waals surface area contributed by atoms with Gasteiger partial charge in [0, 0.05) is 110 Å². The van der Waals surface area contributed by atoms with Gasteiger partial charge in [0.2, 0.25) is 29.5 Å². The minimum atomic E-state index is -3.72. The number of carboxylic acid groups (broad SMARTS) is 9. The van der Waals surface area contributed by atoms with Gasteiger partial charge >= 0.3 is 59.8 Å². The van der Waals surface area contributed by atoms with E-state index in [9.17, 15) is 118 Å². The molecule has 1 saturated heterocycles. The third-order valence-electron chi connectivity index (χ3n) is 16.9. The van der Waals surface area contributed by atoms with Crippen LogP contribution in [0.1, 0.15) is 142 Å². The Morgan fingerprint density at radius 3 is 1.20 bits per heavy atom. The molecule has 2 rings (SSSR count). The molecule has 1 heterocycles. The summed E-state index contributed by atoms with van der Waals surface area (Å²) in [6.07, 6.45) is -4.45. The fourth-order valence-corrected chi connectivity index (χ4v) is 16.2. The number of hydrogen-bond donors (Lipinski definition) is 17. The standard InChI is InChI=1S/C64H101FN12O25Si/c1-63(2,3)103(65,64(4,5)6)40-14-12-39(13-15-40)55(90)68-27-24-41(69-50(81)20-18-46(61(100)101)77-34-32-75(37-53(86)87)30-28-74(36-52(84)85)29-31-76(33-35-77)38-54(88)89)56(91)71-43(58(94)95)10-7-8-25-66-47(78)21-22-48(79)67-26-9-11-42(57(92)93)70-49(80)19-16-44(59(96)97)72-62(102)73-45(60(98)99)17-23-51(82)83/h12-15,41-46H,7-11,16-38H2,1-6H3,(H,66,78)(H,67,79)(H,68,90)(H,69,81)(H,70,80)(H,71,91)(H,82,83)(H,84,85)(H,86,87)(H,88,89)(H,92,93)(H,94,95)(H,96,97)(H,98,99)(H,100,101)(H2,72,73,102)/t41-,42-,43-,44-,45-,46-/m0/s1. The summed E-state index contributed by atoms with van der Waals surface area (Å²) in [5.41, 5.74) is 0.135. The summed E-state index contributed by atoms with van der Waals surface area (Å²) in [7, 11) is -3.72. The Balaban J connectivity index is 2.14. The van der Waals surface area contributed by atoms with Gasteiger partial charge < -0.3 is 92.6 Å². The van der Waals surface area contributed by atoms with Gasteiger partial charge in [0.15, 0.2) is 0 Å². The van der Waals surface area contributed by atoms with Crippen LogP contribution in [-0.2, 0) is 67.1 Å². The topological polar surface area (TPSA) is 564 Å². The SMILES string of the molecule is CC(C)(C)[Si](F)(c1ccc(C(=O)NCC[C@H](NC(=O)CC[C@@H](C(=O)O)N2CCN(CC(=O)O)CCN(CC(=O)O)CCN(CC(=O)O)CC2)C(=O)N[C@@H](CCCCNC(=O)CCC(=O)NCCC[C@H](NC(=O)CC[C@H](NC(=O)N[C@@H](CCC(=O)O)C(=O)O)C(=O)O)C(=O)O)C(=O)O)cc1)C(C)(C)C. The van der Waals surface area contributed by atoms with Crippen LogP contribution >= 0.6 is 0 Å². The van der Waals surface area contributed by atoms with E-state index in [-0.39, 0.29) is 129 Å². The quantitative estimate of drug-likeness (QED) is 0.0205. The summed E-state index contributed by atoms with van der Waals surface area (Å²) >= 11 is 0. The fourth-order valence-electron chi connectivity index (χ4n) is 11.6. The van der Waals surface area contributed by atoms with E-state index in [1.54, 1.807) is 12.1 Å². The van der Waals surface area contributed by atoms with Crippen molar-refractivity contribution < 1.29 is 127 Å². The predicted molar refractivity (Wildman–Crippen MR) is 364 cm³/mol. The van der Waals surface area contributed by atoms with Crippen molar-refractivity contribution in [2.75, 3.05) is 91.6 Å². The molecule has 0 unspecified atom stereocenters. The van der Waals surface area contributed by atoms with E-state index in [0.717, 1.165) is 0 Å². The third kappa shape index (κ3) is 33.9. The average Bonchev–Trinajstić information content (AvgIpc) is 0.748. The van der Waals surface area contributed by atoms with E-state index in [1.165, 1.54) is 31.7 Å². The molecule has 1 aromatic rings. The van der Waals surface area contributed by atoms with Crippen LogP contribution in [0, 0.1) is 0 Å². The lowest BCUT2D eigenvalue weighted by atomic mass is 10.1. The summed E-state index contributed by atoms with van der Waals surface area (Å²) in [6, 6.07) is -4.75. The molecule has 1 aromatic carbocycles. The number of carboxylic acids is 9. The number of halogens is 1. The minimum Gasteiger partial charge on any atom is -0.481 e. The summed E-state index contributed by atoms with van der Waals surface area (Å²) in [5, 5.41) is 105. The molecule has 1 fully saturated rings. The molecular formula is C64H101FN12O25Si. The minimum absolute atomic E-state index is 0.000950. The second-order valence-electron chi connectivity index (χ2n) is 26.9. The number of urea groups is 1. The molecule has 0 aliphatic carbocycles. The number of nitrogens with zero attached hydrogens (tertiary/aromatic N) is 4. The fraction of sp³-hybridized carbons (Fsp3) is 0.656. The molecule has 6 atom stereocenters. The van der Waals surface area contributed by atoms with Crippen molar-refractivity contribution in [3.05, 3.63) is 29.8 Å². The molecule has 103 heavy (non-hydrogen) atoms. The third-order valence-corrected chi connectivity index (χ3v) is 22.1. The number of aliphatic carboxylic acids is 9. The Morgan fingerprint density at radius 1 is 0.398 bits per heavy atom. The number of benzene rings is 1. The van der Waals surface area contributed by atoms with E-state index in [2.05, 4.69) is 31.9 Å². The highest BCUT2D eigenvalue weighted by Gasteiger charge is 2.56. The molecule has 37 nitrogen and oxygen atoms in total. The Hall–Kier alpha value is -9.47. The van der Waals surface area contributed by atoms with Crippen molar-refractivity contribution in [2.24, 2.45) is 0 Å². The van der Waals surface area contributed by atoms with Crippen LogP contribution < -0.4 is 47.7 Å². The molecule has 0 aromatic heterocycles. The first kappa shape index (κ1) is 89.6. The maximum atomic E-state index is 17.1. The zero-order chi connectivity index (χ0) is 78.0. The lowest BCUT2D eigenvalue weighted by Crippen LogP contribution is -2.57. The largest absolute Gasteiger partial charge is 0.481 e. The van der Waals surface area contributed by atoms with Crippen LogP contribution in [0.25, 0.3) is 0 Å². The van der Waals surface area contributed by atoms with Crippen molar-refractivity contribution in [3.8, 4) is 0 Å². The molecule has 1 aliphatic heterocycles. The van der Waals surface area contributed by atoms with Crippen molar-refractivity contribution in [2.45, 2.75) is 178 Å². The summed E-state index contributed by atoms with van der Waals surface area (Å²) < 4.78 is 17.1. The van der Waals surface area contributed by atoms with Gasteiger partial charge in [-0.1, -0.05) is 53.7 Å². The van der Waals surface area contributed by atoms with Crippen molar-refractivity contribution in [3.63, 3.8) is 0 Å². The molecular weight excluding hydrogens is 1380 g/mol. The molecule has 8 amide bonds. The van der Waals surface area contributed by atoms with Gasteiger partial charge in [-0.2, -0.15) is 0 Å². The monoisotopic (exact) mass is 1480 g/mol. The van der Waals surface area contributed by atoms with Gasteiger partial charge in [-0.3, -0.25) is 72.3 Å². The molecule has 578 valence electrons. The Bertz CT molecular complexity index is 3070. The van der Waals surface area contributed by atoms with Crippen LogP contribution in [-0.4, -0.2) is 297 Å². The second kappa shape index (κ2) is 44.1. The Labute approximate surface area is 594 Å². The van der Waals surface area contributed by atoms with Crippen LogP contribution in [0.2, 0.25) is 10.1 Å². The van der Waals surface area contributed by atoms with Crippen molar-refractivity contribution in [1.82, 2.24) is 62.1 Å². The Kier molecular flexibility index (Phi) is 38.4. The molecule has 0 radical (unpaired) electrons. The number of unbranched alkanes of at least 4 members (excludes halogenated alkanes) is 1.